The predicted octanol–water partition coefficient (Wildman–Crippen LogP) is 1.38. The number of unbranched alkanes of at least 4 members (excludes halogenated alkanes) is 1. The van der Waals surface area contributed by atoms with Gasteiger partial charge in [-0.1, -0.05) is 13.3 Å². The van der Waals surface area contributed by atoms with Crippen LogP contribution in [0.5, 0.6) is 0 Å². The van der Waals surface area contributed by atoms with Gasteiger partial charge in [0, 0.05) is 31.2 Å². The summed E-state index contributed by atoms with van der Waals surface area (Å²) in [4.78, 5) is 6.72. The summed E-state index contributed by atoms with van der Waals surface area (Å²) in [5.41, 5.74) is 2.46. The van der Waals surface area contributed by atoms with Crippen molar-refractivity contribution in [3.63, 3.8) is 0 Å². The lowest BCUT2D eigenvalue weighted by molar-refractivity contribution is 0.504. The molecule has 1 saturated heterocycles. The van der Waals surface area contributed by atoms with Crippen LogP contribution in [0.4, 0.5) is 0 Å². The van der Waals surface area contributed by atoms with E-state index >= 15 is 0 Å². The number of aliphatic imine (C=N–C) groups is 1. The average molecular weight is 314 g/mol. The Morgan fingerprint density at radius 2 is 2.10 bits per heavy atom. The molecular formula is C14H26N4O2S. The summed E-state index contributed by atoms with van der Waals surface area (Å²) in [6.07, 6.45) is 2.56. The second-order valence-electron chi connectivity index (χ2n) is 5.86. The van der Waals surface area contributed by atoms with Gasteiger partial charge in [0.15, 0.2) is 0 Å². The number of rotatable bonds is 6. The fraction of sp³-hybridized carbons (Fsp3) is 0.786. The summed E-state index contributed by atoms with van der Waals surface area (Å²) in [5.74, 6) is 0.976. The van der Waals surface area contributed by atoms with Crippen molar-refractivity contribution in [1.29, 1.82) is 0 Å². The Balaban J connectivity index is 2.01. The van der Waals surface area contributed by atoms with E-state index < -0.39 is 10.2 Å². The highest BCUT2D eigenvalue weighted by Crippen LogP contribution is 2.31. The van der Waals surface area contributed by atoms with Gasteiger partial charge in [0.05, 0.1) is 6.04 Å². The largest absolute Gasteiger partial charge is 0.332 e. The van der Waals surface area contributed by atoms with Crippen molar-refractivity contribution in [1.82, 2.24) is 14.3 Å². The minimum absolute atomic E-state index is 0.0930. The number of fused-ring (bicyclic) bond motifs is 1. The van der Waals surface area contributed by atoms with Crippen molar-refractivity contribution in [3.05, 3.63) is 11.3 Å². The zero-order valence-corrected chi connectivity index (χ0v) is 14.1. The zero-order valence-electron chi connectivity index (χ0n) is 13.3. The third-order valence-corrected chi connectivity index (χ3v) is 5.39. The molecule has 0 aromatic heterocycles. The van der Waals surface area contributed by atoms with Crippen LogP contribution in [-0.2, 0) is 10.2 Å². The van der Waals surface area contributed by atoms with Crippen LogP contribution < -0.4 is 9.44 Å². The lowest BCUT2D eigenvalue weighted by Gasteiger charge is -2.28. The summed E-state index contributed by atoms with van der Waals surface area (Å²) in [5, 5.41) is 0. The van der Waals surface area contributed by atoms with Crippen LogP contribution in [0.15, 0.2) is 16.3 Å². The standard InChI is InChI=1S/C14H26N4O2S/c1-5-6-7-15-21(19,20)17-13-8-14-10(2)11(3)16-12(4)18(14)9-13/h11,13,15,17H,5-9H2,1-4H3. The van der Waals surface area contributed by atoms with E-state index in [-0.39, 0.29) is 12.1 Å². The molecule has 2 heterocycles. The van der Waals surface area contributed by atoms with Gasteiger partial charge in [-0.25, -0.2) is 4.72 Å². The van der Waals surface area contributed by atoms with Gasteiger partial charge in [-0.3, -0.25) is 4.99 Å². The Kier molecular flexibility index (Phi) is 5.06. The predicted molar refractivity (Wildman–Crippen MR) is 85.3 cm³/mol. The zero-order chi connectivity index (χ0) is 15.6. The second kappa shape index (κ2) is 6.46. The molecule has 0 aromatic rings. The van der Waals surface area contributed by atoms with Crippen molar-refractivity contribution in [2.24, 2.45) is 4.99 Å². The molecule has 21 heavy (non-hydrogen) atoms. The van der Waals surface area contributed by atoms with Crippen molar-refractivity contribution in [2.45, 2.75) is 59.0 Å². The van der Waals surface area contributed by atoms with E-state index in [0.29, 0.717) is 13.1 Å². The average Bonchev–Trinajstić information content (AvgIpc) is 2.80. The van der Waals surface area contributed by atoms with Crippen molar-refractivity contribution >= 4 is 16.0 Å². The molecule has 2 aliphatic heterocycles. The maximum Gasteiger partial charge on any atom is 0.277 e. The Morgan fingerprint density at radius 3 is 2.76 bits per heavy atom. The van der Waals surface area contributed by atoms with Crippen LogP contribution in [0.25, 0.3) is 0 Å². The molecule has 120 valence electrons. The summed E-state index contributed by atoms with van der Waals surface area (Å²) >= 11 is 0. The van der Waals surface area contributed by atoms with Crippen LogP contribution in [0.1, 0.15) is 47.0 Å². The van der Waals surface area contributed by atoms with Gasteiger partial charge in [-0.2, -0.15) is 13.1 Å². The van der Waals surface area contributed by atoms with Gasteiger partial charge < -0.3 is 4.90 Å². The minimum atomic E-state index is -3.42. The lowest BCUT2D eigenvalue weighted by atomic mass is 10.0. The molecule has 0 bridgehead atoms. The van der Waals surface area contributed by atoms with Gasteiger partial charge in [0.2, 0.25) is 0 Å². The molecule has 0 spiro atoms. The summed E-state index contributed by atoms with van der Waals surface area (Å²) in [6.45, 7) is 9.33. The highest BCUT2D eigenvalue weighted by molar-refractivity contribution is 7.87. The fourth-order valence-corrected chi connectivity index (χ4v) is 3.94. The van der Waals surface area contributed by atoms with E-state index in [2.05, 4.69) is 33.2 Å². The highest BCUT2D eigenvalue weighted by Gasteiger charge is 2.34. The van der Waals surface area contributed by atoms with Crippen molar-refractivity contribution in [2.75, 3.05) is 13.1 Å². The number of hydrogen-bond acceptors (Lipinski definition) is 4. The topological polar surface area (TPSA) is 73.8 Å². The Labute approximate surface area is 127 Å². The summed E-state index contributed by atoms with van der Waals surface area (Å²) in [6, 6.07) is 0.0961. The third kappa shape index (κ3) is 3.84. The molecule has 0 aliphatic carbocycles. The molecule has 2 rings (SSSR count). The second-order valence-corrected chi connectivity index (χ2v) is 7.39. The molecular weight excluding hydrogens is 288 g/mol. The lowest BCUT2D eigenvalue weighted by Crippen LogP contribution is -2.44. The van der Waals surface area contributed by atoms with Crippen molar-refractivity contribution < 1.29 is 8.42 Å². The normalized spacial score (nSPS) is 26.1. The van der Waals surface area contributed by atoms with Gasteiger partial charge in [-0.05, 0) is 32.8 Å². The van der Waals surface area contributed by atoms with E-state index in [9.17, 15) is 8.42 Å². The Morgan fingerprint density at radius 1 is 1.38 bits per heavy atom. The number of nitrogens with zero attached hydrogens (tertiary/aromatic N) is 2. The van der Waals surface area contributed by atoms with Gasteiger partial charge in [-0.15, -0.1) is 0 Å². The molecule has 2 unspecified atom stereocenters. The molecule has 6 nitrogen and oxygen atoms in total. The molecule has 0 saturated carbocycles. The fourth-order valence-electron chi connectivity index (χ4n) is 2.85. The van der Waals surface area contributed by atoms with E-state index in [1.807, 2.05) is 13.8 Å². The number of amidine groups is 1. The van der Waals surface area contributed by atoms with Crippen molar-refractivity contribution in [3.8, 4) is 0 Å². The van der Waals surface area contributed by atoms with Crippen LogP contribution in [0, 0.1) is 0 Å². The van der Waals surface area contributed by atoms with E-state index in [0.717, 1.165) is 25.1 Å². The molecule has 0 radical (unpaired) electrons. The van der Waals surface area contributed by atoms with Crippen LogP contribution in [0.2, 0.25) is 0 Å². The maximum absolute atomic E-state index is 12.0. The first kappa shape index (κ1) is 16.5. The highest BCUT2D eigenvalue weighted by atomic mass is 32.2. The van der Waals surface area contributed by atoms with Crippen LogP contribution in [0.3, 0.4) is 0 Å². The summed E-state index contributed by atoms with van der Waals surface area (Å²) in [7, 11) is -3.42. The molecule has 2 N–H and O–H groups in total. The van der Waals surface area contributed by atoms with E-state index in [4.69, 9.17) is 0 Å². The molecule has 0 aromatic carbocycles. The quantitative estimate of drug-likeness (QED) is 0.727. The first-order valence-electron chi connectivity index (χ1n) is 7.62. The first-order valence-corrected chi connectivity index (χ1v) is 9.11. The van der Waals surface area contributed by atoms with E-state index in [1.165, 1.54) is 11.3 Å². The van der Waals surface area contributed by atoms with Gasteiger partial charge in [0.25, 0.3) is 10.2 Å². The maximum atomic E-state index is 12.0. The molecule has 7 heteroatoms. The SMILES string of the molecule is CCCCNS(=O)(=O)NC1CC2=C(C)C(C)N=C(C)N2C1. The Bertz CT molecular complexity index is 553. The van der Waals surface area contributed by atoms with Gasteiger partial charge >= 0.3 is 0 Å². The smallest absolute Gasteiger partial charge is 0.277 e. The molecule has 2 aliphatic rings. The first-order chi connectivity index (χ1) is 9.84. The Hall–Kier alpha value is -0.920. The van der Waals surface area contributed by atoms with Gasteiger partial charge in [0.1, 0.15) is 5.84 Å². The van der Waals surface area contributed by atoms with Crippen LogP contribution >= 0.6 is 0 Å². The third-order valence-electron chi connectivity index (χ3n) is 4.17. The number of hydrogen-bond donors (Lipinski definition) is 2. The minimum Gasteiger partial charge on any atom is -0.332 e. The molecule has 2 atom stereocenters. The molecule has 0 amide bonds. The number of nitrogens with one attached hydrogen (secondary N) is 2. The monoisotopic (exact) mass is 314 g/mol. The summed E-state index contributed by atoms with van der Waals surface area (Å²) < 4.78 is 29.4. The van der Waals surface area contributed by atoms with Crippen LogP contribution in [-0.4, -0.2) is 44.3 Å². The van der Waals surface area contributed by atoms with E-state index in [1.54, 1.807) is 0 Å². The molecule has 1 fully saturated rings.